The molecule has 0 unspecified atom stereocenters. The summed E-state index contributed by atoms with van der Waals surface area (Å²) in [6.45, 7) is 1.89. The van der Waals surface area contributed by atoms with Crippen molar-refractivity contribution in [1.82, 2.24) is 20.2 Å². The van der Waals surface area contributed by atoms with E-state index < -0.39 is 0 Å². The summed E-state index contributed by atoms with van der Waals surface area (Å²) in [6.07, 6.45) is 1.51. The number of aryl methyl sites for hydroxylation is 1. The van der Waals surface area contributed by atoms with Crippen molar-refractivity contribution in [2.24, 2.45) is 5.73 Å². The molecule has 96 valence electrons. The summed E-state index contributed by atoms with van der Waals surface area (Å²) >= 11 is 0. The van der Waals surface area contributed by atoms with Crippen LogP contribution < -0.4 is 10.5 Å². The largest absolute Gasteiger partial charge is 0.493 e. The fourth-order valence-corrected chi connectivity index (χ4v) is 1.48. The molecule has 0 radical (unpaired) electrons. The summed E-state index contributed by atoms with van der Waals surface area (Å²) < 4.78 is 5.56. The van der Waals surface area contributed by atoms with Gasteiger partial charge in [-0.25, -0.2) is 0 Å². The Bertz CT molecular complexity index is 457. The first-order chi connectivity index (χ1) is 8.88. The van der Waals surface area contributed by atoms with Crippen molar-refractivity contribution >= 4 is 0 Å². The van der Waals surface area contributed by atoms with Gasteiger partial charge in [0.25, 0.3) is 0 Å². The molecule has 0 aliphatic carbocycles. The van der Waals surface area contributed by atoms with Crippen molar-refractivity contribution in [3.05, 3.63) is 36.2 Å². The summed E-state index contributed by atoms with van der Waals surface area (Å²) in [6, 6.07) is 9.68. The summed E-state index contributed by atoms with van der Waals surface area (Å²) in [5.74, 6) is 1.55. The lowest BCUT2D eigenvalue weighted by molar-refractivity contribution is 0.318. The summed E-state index contributed by atoms with van der Waals surface area (Å²) in [5, 5.41) is 12.1. The van der Waals surface area contributed by atoms with E-state index in [2.05, 4.69) is 15.4 Å². The predicted octanol–water partition coefficient (Wildman–Crippen LogP) is 0.643. The van der Waals surface area contributed by atoms with Crippen molar-refractivity contribution in [3.8, 4) is 5.75 Å². The number of nitrogens with zero attached hydrogens (tertiary/aromatic N) is 4. The van der Waals surface area contributed by atoms with E-state index >= 15 is 0 Å². The number of nitrogens with two attached hydrogens (primary N) is 1. The molecule has 6 heteroatoms. The van der Waals surface area contributed by atoms with Crippen LogP contribution in [0.4, 0.5) is 0 Å². The van der Waals surface area contributed by atoms with Crippen molar-refractivity contribution in [2.45, 2.75) is 19.4 Å². The molecule has 2 aromatic rings. The Morgan fingerprint density at radius 2 is 2.06 bits per heavy atom. The molecular weight excluding hydrogens is 230 g/mol. The van der Waals surface area contributed by atoms with Crippen molar-refractivity contribution < 1.29 is 4.74 Å². The zero-order chi connectivity index (χ0) is 12.6. The van der Waals surface area contributed by atoms with Crippen LogP contribution in [0.25, 0.3) is 0 Å². The maximum absolute atomic E-state index is 5.56. The van der Waals surface area contributed by atoms with Crippen molar-refractivity contribution in [2.75, 3.05) is 13.2 Å². The van der Waals surface area contributed by atoms with Crippen LogP contribution in [-0.2, 0) is 13.0 Å². The Morgan fingerprint density at radius 1 is 1.22 bits per heavy atom. The molecule has 0 atom stereocenters. The van der Waals surface area contributed by atoms with Crippen LogP contribution in [0.1, 0.15) is 12.2 Å². The molecule has 0 aliphatic heterocycles. The minimum atomic E-state index is 0.548. The SMILES string of the molecule is NCCCn1nnc(CCOc2ccccc2)n1. The molecule has 1 aromatic carbocycles. The molecule has 1 aromatic heterocycles. The zero-order valence-electron chi connectivity index (χ0n) is 10.2. The summed E-state index contributed by atoms with van der Waals surface area (Å²) in [5.41, 5.74) is 5.42. The Labute approximate surface area is 106 Å². The molecular formula is C12H17N5O. The molecule has 2 rings (SSSR count). The topological polar surface area (TPSA) is 78.9 Å². The van der Waals surface area contributed by atoms with Gasteiger partial charge in [-0.2, -0.15) is 4.80 Å². The molecule has 0 spiro atoms. The lowest BCUT2D eigenvalue weighted by atomic mass is 10.3. The van der Waals surface area contributed by atoms with Gasteiger partial charge in [0.2, 0.25) is 0 Å². The minimum absolute atomic E-state index is 0.548. The highest BCUT2D eigenvalue weighted by Gasteiger charge is 2.02. The van der Waals surface area contributed by atoms with Crippen molar-refractivity contribution in [3.63, 3.8) is 0 Å². The molecule has 0 amide bonds. The maximum atomic E-state index is 5.56. The number of rotatable bonds is 7. The third-order valence-electron chi connectivity index (χ3n) is 2.39. The summed E-state index contributed by atoms with van der Waals surface area (Å²) in [4.78, 5) is 1.57. The second-order valence-corrected chi connectivity index (χ2v) is 3.86. The minimum Gasteiger partial charge on any atom is -0.493 e. The average Bonchev–Trinajstić information content (AvgIpc) is 2.85. The van der Waals surface area contributed by atoms with Crippen LogP contribution in [0.3, 0.4) is 0 Å². The number of hydrogen-bond donors (Lipinski definition) is 1. The number of ether oxygens (including phenoxy) is 1. The van der Waals surface area contributed by atoms with Gasteiger partial charge in [-0.05, 0) is 30.3 Å². The highest BCUT2D eigenvalue weighted by Crippen LogP contribution is 2.08. The van der Waals surface area contributed by atoms with Gasteiger partial charge in [0.1, 0.15) is 5.75 Å². The van der Waals surface area contributed by atoms with Crippen LogP contribution in [0.15, 0.2) is 30.3 Å². The molecule has 0 saturated heterocycles. The van der Waals surface area contributed by atoms with Gasteiger partial charge in [-0.1, -0.05) is 18.2 Å². The molecule has 2 N–H and O–H groups in total. The van der Waals surface area contributed by atoms with Crippen LogP contribution in [0, 0.1) is 0 Å². The van der Waals surface area contributed by atoms with Gasteiger partial charge < -0.3 is 10.5 Å². The molecule has 6 nitrogen and oxygen atoms in total. The van der Waals surface area contributed by atoms with E-state index in [-0.39, 0.29) is 0 Å². The normalized spacial score (nSPS) is 10.5. The zero-order valence-corrected chi connectivity index (χ0v) is 10.2. The number of hydrogen-bond acceptors (Lipinski definition) is 5. The first-order valence-corrected chi connectivity index (χ1v) is 6.03. The highest BCUT2D eigenvalue weighted by molar-refractivity contribution is 5.20. The lowest BCUT2D eigenvalue weighted by Gasteiger charge is -2.02. The van der Waals surface area contributed by atoms with Gasteiger partial charge in [0, 0.05) is 6.42 Å². The number of benzene rings is 1. The van der Waals surface area contributed by atoms with E-state index in [1.165, 1.54) is 0 Å². The molecule has 1 heterocycles. The highest BCUT2D eigenvalue weighted by atomic mass is 16.5. The Kier molecular flexibility index (Phi) is 4.66. The van der Waals surface area contributed by atoms with Gasteiger partial charge in [0.05, 0.1) is 13.2 Å². The van der Waals surface area contributed by atoms with E-state index in [0.29, 0.717) is 31.9 Å². The quantitative estimate of drug-likeness (QED) is 0.777. The van der Waals surface area contributed by atoms with E-state index in [4.69, 9.17) is 10.5 Å². The van der Waals surface area contributed by atoms with Gasteiger partial charge in [-0.3, -0.25) is 0 Å². The van der Waals surface area contributed by atoms with E-state index in [1.807, 2.05) is 30.3 Å². The lowest BCUT2D eigenvalue weighted by Crippen LogP contribution is -2.09. The van der Waals surface area contributed by atoms with E-state index in [0.717, 1.165) is 12.2 Å². The van der Waals surface area contributed by atoms with Crippen LogP contribution in [0.5, 0.6) is 5.75 Å². The number of para-hydroxylation sites is 1. The van der Waals surface area contributed by atoms with Crippen molar-refractivity contribution in [1.29, 1.82) is 0 Å². The molecule has 0 fully saturated rings. The van der Waals surface area contributed by atoms with Gasteiger partial charge >= 0.3 is 0 Å². The Morgan fingerprint density at radius 3 is 2.83 bits per heavy atom. The second kappa shape index (κ2) is 6.70. The molecule has 0 bridgehead atoms. The molecule has 0 aliphatic rings. The fraction of sp³-hybridized carbons (Fsp3) is 0.417. The van der Waals surface area contributed by atoms with Gasteiger partial charge in [0.15, 0.2) is 5.82 Å². The average molecular weight is 247 g/mol. The second-order valence-electron chi connectivity index (χ2n) is 3.86. The Balaban J connectivity index is 1.75. The first-order valence-electron chi connectivity index (χ1n) is 6.03. The predicted molar refractivity (Wildman–Crippen MR) is 67.1 cm³/mol. The summed E-state index contributed by atoms with van der Waals surface area (Å²) in [7, 11) is 0. The molecule has 18 heavy (non-hydrogen) atoms. The first kappa shape index (κ1) is 12.5. The third-order valence-corrected chi connectivity index (χ3v) is 2.39. The van der Waals surface area contributed by atoms with Gasteiger partial charge in [-0.15, -0.1) is 10.2 Å². The standard InChI is InChI=1S/C12H17N5O/c13-8-4-9-17-15-12(14-16-17)7-10-18-11-5-2-1-3-6-11/h1-3,5-6H,4,7-10,13H2. The number of aromatic nitrogens is 4. The van der Waals surface area contributed by atoms with Crippen LogP contribution in [-0.4, -0.2) is 33.4 Å². The smallest absolute Gasteiger partial charge is 0.178 e. The van der Waals surface area contributed by atoms with Crippen LogP contribution in [0.2, 0.25) is 0 Å². The number of tetrazole rings is 1. The Hall–Kier alpha value is -1.95. The monoisotopic (exact) mass is 247 g/mol. The third kappa shape index (κ3) is 3.81. The maximum Gasteiger partial charge on any atom is 0.178 e. The molecule has 0 saturated carbocycles. The van der Waals surface area contributed by atoms with E-state index in [1.54, 1.807) is 4.80 Å². The van der Waals surface area contributed by atoms with Crippen LogP contribution >= 0.6 is 0 Å². The van der Waals surface area contributed by atoms with E-state index in [9.17, 15) is 0 Å². The fourth-order valence-electron chi connectivity index (χ4n) is 1.48.